The smallest absolute Gasteiger partial charge is 0.433 e. The van der Waals surface area contributed by atoms with Gasteiger partial charge in [0.25, 0.3) is 0 Å². The molecule has 1 aliphatic carbocycles. The monoisotopic (exact) mass is 472 g/mol. The third-order valence-corrected chi connectivity index (χ3v) is 6.05. The zero-order chi connectivity index (χ0) is 24.5. The Balaban J connectivity index is 1.60. The predicted molar refractivity (Wildman–Crippen MR) is 118 cm³/mol. The second kappa shape index (κ2) is 9.02. The summed E-state index contributed by atoms with van der Waals surface area (Å²) in [7, 11) is 0. The van der Waals surface area contributed by atoms with Gasteiger partial charge < -0.3 is 15.5 Å². The molecule has 10 heteroatoms. The third-order valence-electron chi connectivity index (χ3n) is 6.05. The van der Waals surface area contributed by atoms with Gasteiger partial charge in [-0.25, -0.2) is 9.97 Å². The number of hydrogen-bond acceptors (Lipinski definition) is 6. The zero-order valence-corrected chi connectivity index (χ0v) is 18.3. The summed E-state index contributed by atoms with van der Waals surface area (Å²) in [4.78, 5) is 22.9. The van der Waals surface area contributed by atoms with Crippen LogP contribution in [0.4, 0.5) is 24.8 Å². The molecule has 178 valence electrons. The van der Waals surface area contributed by atoms with Crippen LogP contribution in [0, 0.1) is 12.8 Å². The second-order valence-corrected chi connectivity index (χ2v) is 8.58. The van der Waals surface area contributed by atoms with Crippen LogP contribution in [0.5, 0.6) is 0 Å². The maximum absolute atomic E-state index is 13.0. The molecule has 0 amide bonds. The normalized spacial score (nSPS) is 20.7. The lowest BCUT2D eigenvalue weighted by atomic mass is 9.75. The summed E-state index contributed by atoms with van der Waals surface area (Å²) >= 11 is 0. The maximum atomic E-state index is 13.0. The first kappa shape index (κ1) is 23.6. The van der Waals surface area contributed by atoms with Gasteiger partial charge in [-0.1, -0.05) is 6.07 Å². The summed E-state index contributed by atoms with van der Waals surface area (Å²) in [5.41, 5.74) is 1.20. The molecule has 4 rings (SSSR count). The topological polar surface area (TPSA) is 108 Å². The highest BCUT2D eigenvalue weighted by atomic mass is 19.4. The van der Waals surface area contributed by atoms with Crippen molar-refractivity contribution < 1.29 is 28.2 Å². The fraction of sp³-hybridized carbons (Fsp3) is 0.333. The first-order valence-corrected chi connectivity index (χ1v) is 10.7. The number of rotatable bonds is 5. The first-order chi connectivity index (χ1) is 16.0. The molecular formula is C24H23F3N4O3. The molecule has 1 fully saturated rings. The van der Waals surface area contributed by atoms with E-state index in [2.05, 4.69) is 20.3 Å². The van der Waals surface area contributed by atoms with E-state index in [4.69, 9.17) is 0 Å². The van der Waals surface area contributed by atoms with E-state index in [0.29, 0.717) is 42.5 Å². The molecule has 0 radical (unpaired) electrons. The van der Waals surface area contributed by atoms with Crippen molar-refractivity contribution in [2.45, 2.75) is 44.4 Å². The van der Waals surface area contributed by atoms with Crippen molar-refractivity contribution in [3.05, 3.63) is 65.7 Å². The SMILES string of the molecule is Cc1cc(Nc2nccc(C(F)(F)F)n2)cc(-c2cncc([C@]3(O)CC[C@H](C(=O)O)CC3)c2)c1. The minimum Gasteiger partial charge on any atom is -0.481 e. The summed E-state index contributed by atoms with van der Waals surface area (Å²) in [6.07, 6.45) is 1.09. The standard InChI is InChI=1S/C24H23F3N4O3/c1-14-8-16(11-19(9-14)30-22-29-7-4-20(31-22)24(25,26)27)17-10-18(13-28-12-17)23(34)5-2-15(3-6-23)21(32)33/h4,7-13,15,34H,2-3,5-6H2,1H3,(H,32,33)(H,29,30,31)/t15-,23-. The van der Waals surface area contributed by atoms with Crippen molar-refractivity contribution in [3.8, 4) is 11.1 Å². The largest absolute Gasteiger partial charge is 0.481 e. The predicted octanol–water partition coefficient (Wildman–Crippen LogP) is 5.07. The average Bonchev–Trinajstić information content (AvgIpc) is 2.79. The quantitative estimate of drug-likeness (QED) is 0.476. The summed E-state index contributed by atoms with van der Waals surface area (Å²) in [6, 6.07) is 8.00. The molecule has 2 aromatic heterocycles. The number of carboxylic acids is 1. The van der Waals surface area contributed by atoms with Crippen LogP contribution in [0.1, 0.15) is 42.5 Å². The molecular weight excluding hydrogens is 449 g/mol. The fourth-order valence-electron chi connectivity index (χ4n) is 4.21. The number of carboxylic acid groups (broad SMARTS) is 1. The number of anilines is 2. The third kappa shape index (κ3) is 5.17. The molecule has 7 nitrogen and oxygen atoms in total. The van der Waals surface area contributed by atoms with E-state index in [1.165, 1.54) is 0 Å². The number of pyridine rings is 1. The Labute approximate surface area is 193 Å². The van der Waals surface area contributed by atoms with Gasteiger partial charge in [0.2, 0.25) is 5.95 Å². The van der Waals surface area contributed by atoms with Crippen LogP contribution in [0.15, 0.2) is 48.9 Å². The van der Waals surface area contributed by atoms with Crippen molar-refractivity contribution in [3.63, 3.8) is 0 Å². The van der Waals surface area contributed by atoms with E-state index in [1.54, 1.807) is 24.5 Å². The Hall–Kier alpha value is -3.53. The number of carbonyl (C=O) groups is 1. The molecule has 0 saturated heterocycles. The number of hydrogen-bond donors (Lipinski definition) is 3. The Morgan fingerprint density at radius 3 is 2.53 bits per heavy atom. The van der Waals surface area contributed by atoms with Crippen LogP contribution in [0.2, 0.25) is 0 Å². The Morgan fingerprint density at radius 1 is 1.12 bits per heavy atom. The lowest BCUT2D eigenvalue weighted by Crippen LogP contribution is -2.33. The number of alkyl halides is 3. The molecule has 0 aliphatic heterocycles. The molecule has 1 aromatic carbocycles. The maximum Gasteiger partial charge on any atom is 0.433 e. The van der Waals surface area contributed by atoms with Gasteiger partial charge in [0.1, 0.15) is 5.69 Å². The average molecular weight is 472 g/mol. The number of halogens is 3. The van der Waals surface area contributed by atoms with Crippen molar-refractivity contribution in [1.29, 1.82) is 0 Å². The van der Waals surface area contributed by atoms with E-state index >= 15 is 0 Å². The molecule has 0 atom stereocenters. The molecule has 1 aliphatic rings. The molecule has 1 saturated carbocycles. The van der Waals surface area contributed by atoms with E-state index < -0.39 is 29.4 Å². The van der Waals surface area contributed by atoms with Crippen LogP contribution in [0.25, 0.3) is 11.1 Å². The second-order valence-electron chi connectivity index (χ2n) is 8.58. The summed E-state index contributed by atoms with van der Waals surface area (Å²) in [5, 5.41) is 23.2. The fourth-order valence-corrected chi connectivity index (χ4v) is 4.21. The van der Waals surface area contributed by atoms with Crippen molar-refractivity contribution in [1.82, 2.24) is 15.0 Å². The van der Waals surface area contributed by atoms with Crippen LogP contribution >= 0.6 is 0 Å². The van der Waals surface area contributed by atoms with Crippen LogP contribution in [-0.2, 0) is 16.6 Å². The summed E-state index contributed by atoms with van der Waals surface area (Å²) < 4.78 is 38.9. The van der Waals surface area contributed by atoms with Gasteiger partial charge >= 0.3 is 12.1 Å². The zero-order valence-electron chi connectivity index (χ0n) is 18.3. The summed E-state index contributed by atoms with van der Waals surface area (Å²) in [5.74, 6) is -1.49. The number of benzene rings is 1. The van der Waals surface area contributed by atoms with E-state index in [1.807, 2.05) is 19.1 Å². The van der Waals surface area contributed by atoms with Gasteiger partial charge in [-0.2, -0.15) is 13.2 Å². The molecule has 0 bridgehead atoms. The lowest BCUT2D eigenvalue weighted by molar-refractivity contribution is -0.145. The molecule has 0 spiro atoms. The number of nitrogens with zero attached hydrogens (tertiary/aromatic N) is 3. The van der Waals surface area contributed by atoms with Crippen LogP contribution in [0.3, 0.4) is 0 Å². The van der Waals surface area contributed by atoms with E-state index in [0.717, 1.165) is 23.4 Å². The number of aliphatic carboxylic acids is 1. The Morgan fingerprint density at radius 2 is 1.85 bits per heavy atom. The molecule has 3 aromatic rings. The molecule has 3 N–H and O–H groups in total. The van der Waals surface area contributed by atoms with Gasteiger partial charge in [-0.3, -0.25) is 9.78 Å². The number of aliphatic hydroxyl groups is 1. The van der Waals surface area contributed by atoms with Crippen LogP contribution in [-0.4, -0.2) is 31.1 Å². The van der Waals surface area contributed by atoms with Crippen molar-refractivity contribution in [2.24, 2.45) is 5.92 Å². The molecule has 2 heterocycles. The van der Waals surface area contributed by atoms with Gasteiger partial charge in [0.05, 0.1) is 11.5 Å². The summed E-state index contributed by atoms with van der Waals surface area (Å²) in [6.45, 7) is 1.85. The molecule has 0 unspecified atom stereocenters. The highest BCUT2D eigenvalue weighted by molar-refractivity contribution is 5.71. The van der Waals surface area contributed by atoms with E-state index in [-0.39, 0.29) is 5.95 Å². The van der Waals surface area contributed by atoms with Gasteiger partial charge in [-0.15, -0.1) is 0 Å². The minimum absolute atomic E-state index is 0.178. The van der Waals surface area contributed by atoms with Gasteiger partial charge in [0.15, 0.2) is 0 Å². The van der Waals surface area contributed by atoms with Crippen molar-refractivity contribution >= 4 is 17.6 Å². The van der Waals surface area contributed by atoms with Gasteiger partial charge in [-0.05, 0) is 68.0 Å². The Bertz CT molecular complexity index is 1210. The van der Waals surface area contributed by atoms with E-state index in [9.17, 15) is 28.2 Å². The van der Waals surface area contributed by atoms with Crippen LogP contribution < -0.4 is 5.32 Å². The first-order valence-electron chi connectivity index (χ1n) is 10.7. The lowest BCUT2D eigenvalue weighted by Gasteiger charge is -2.35. The number of aromatic nitrogens is 3. The minimum atomic E-state index is -4.58. The molecule has 34 heavy (non-hydrogen) atoms. The highest BCUT2D eigenvalue weighted by Crippen LogP contribution is 2.40. The number of nitrogens with one attached hydrogen (secondary N) is 1. The Kier molecular flexibility index (Phi) is 6.26. The van der Waals surface area contributed by atoms with Crippen molar-refractivity contribution in [2.75, 3.05) is 5.32 Å². The number of aryl methyl sites for hydroxylation is 1. The highest BCUT2D eigenvalue weighted by Gasteiger charge is 2.37. The van der Waals surface area contributed by atoms with Gasteiger partial charge in [0, 0.05) is 35.4 Å².